The number of carbonyl (C=O) groups excluding carboxylic acids is 1. The van der Waals surface area contributed by atoms with E-state index in [9.17, 15) is 4.79 Å². The Morgan fingerprint density at radius 1 is 1.25 bits per heavy atom. The molecule has 0 spiro atoms. The van der Waals surface area contributed by atoms with Crippen LogP contribution in [0.5, 0.6) is 0 Å². The van der Waals surface area contributed by atoms with Crippen LogP contribution in [0.25, 0.3) is 0 Å². The standard InChI is InChI=1S/C21H21NOS/c1-13(2)11-22-12-16-6-8-20-17(15(16)4)10-19(23)18-9-14(3)5-7-21(18)24-20/h5-9,12H,1,10-11H2,2-4H3. The molecule has 0 amide bonds. The Balaban J connectivity index is 2.00. The van der Waals surface area contributed by atoms with E-state index in [1.54, 1.807) is 11.8 Å². The Morgan fingerprint density at radius 3 is 2.75 bits per heavy atom. The lowest BCUT2D eigenvalue weighted by molar-refractivity contribution is 0.0990. The van der Waals surface area contributed by atoms with Crippen molar-refractivity contribution in [3.05, 3.63) is 70.3 Å². The normalized spacial score (nSPS) is 13.5. The summed E-state index contributed by atoms with van der Waals surface area (Å²) in [6.07, 6.45) is 2.34. The minimum Gasteiger partial charge on any atom is -0.294 e. The van der Waals surface area contributed by atoms with Gasteiger partial charge in [-0.15, -0.1) is 0 Å². The Kier molecular flexibility index (Phi) is 4.72. The van der Waals surface area contributed by atoms with E-state index in [2.05, 4.69) is 42.8 Å². The average Bonchev–Trinajstić information content (AvgIpc) is 2.67. The van der Waals surface area contributed by atoms with Crippen LogP contribution in [0.3, 0.4) is 0 Å². The van der Waals surface area contributed by atoms with Crippen molar-refractivity contribution in [2.75, 3.05) is 6.54 Å². The summed E-state index contributed by atoms with van der Waals surface area (Å²) in [7, 11) is 0. The maximum atomic E-state index is 12.7. The number of hydrogen-bond donors (Lipinski definition) is 0. The van der Waals surface area contributed by atoms with Crippen LogP contribution in [0.1, 0.15) is 39.5 Å². The maximum Gasteiger partial charge on any atom is 0.168 e. The van der Waals surface area contributed by atoms with Crippen LogP contribution in [-0.4, -0.2) is 18.5 Å². The molecule has 1 heterocycles. The van der Waals surface area contributed by atoms with Crippen LogP contribution in [0.4, 0.5) is 0 Å². The first-order valence-electron chi connectivity index (χ1n) is 8.04. The van der Waals surface area contributed by atoms with E-state index in [0.717, 1.165) is 38.3 Å². The average molecular weight is 335 g/mol. The number of nitrogens with zero attached hydrogens (tertiary/aromatic N) is 1. The third-order valence-electron chi connectivity index (χ3n) is 4.18. The summed E-state index contributed by atoms with van der Waals surface area (Å²) in [6, 6.07) is 10.3. The molecule has 24 heavy (non-hydrogen) atoms. The molecule has 122 valence electrons. The van der Waals surface area contributed by atoms with Crippen LogP contribution in [-0.2, 0) is 6.42 Å². The minimum atomic E-state index is 0.194. The zero-order valence-corrected chi connectivity index (χ0v) is 15.2. The van der Waals surface area contributed by atoms with Gasteiger partial charge in [0.15, 0.2) is 5.78 Å². The molecule has 2 nitrogen and oxygen atoms in total. The van der Waals surface area contributed by atoms with E-state index in [1.807, 2.05) is 26.1 Å². The van der Waals surface area contributed by atoms with Gasteiger partial charge in [0.1, 0.15) is 0 Å². The fourth-order valence-corrected chi connectivity index (χ4v) is 3.97. The van der Waals surface area contributed by atoms with Crippen LogP contribution in [0, 0.1) is 13.8 Å². The minimum absolute atomic E-state index is 0.194. The zero-order valence-electron chi connectivity index (χ0n) is 14.3. The summed E-state index contributed by atoms with van der Waals surface area (Å²) in [4.78, 5) is 19.4. The topological polar surface area (TPSA) is 29.4 Å². The molecule has 3 heteroatoms. The summed E-state index contributed by atoms with van der Waals surface area (Å²) in [5.41, 5.74) is 6.34. The van der Waals surface area contributed by atoms with E-state index in [1.165, 1.54) is 4.90 Å². The van der Waals surface area contributed by atoms with E-state index >= 15 is 0 Å². The second-order valence-corrected chi connectivity index (χ2v) is 7.47. The quantitative estimate of drug-likeness (QED) is 0.571. The number of ketones is 1. The van der Waals surface area contributed by atoms with Crippen molar-refractivity contribution in [2.24, 2.45) is 4.99 Å². The third-order valence-corrected chi connectivity index (χ3v) is 5.36. The lowest BCUT2D eigenvalue weighted by Gasteiger charge is -2.11. The van der Waals surface area contributed by atoms with E-state index in [0.29, 0.717) is 13.0 Å². The van der Waals surface area contributed by atoms with Crippen LogP contribution in [0.15, 0.2) is 57.3 Å². The number of aryl methyl sites for hydroxylation is 1. The van der Waals surface area contributed by atoms with Gasteiger partial charge in [-0.2, -0.15) is 0 Å². The number of benzene rings is 2. The highest BCUT2D eigenvalue weighted by Crippen LogP contribution is 2.39. The van der Waals surface area contributed by atoms with E-state index in [-0.39, 0.29) is 5.78 Å². The number of fused-ring (bicyclic) bond motifs is 2. The van der Waals surface area contributed by atoms with Gasteiger partial charge < -0.3 is 0 Å². The first kappa shape index (κ1) is 16.7. The molecular formula is C21H21NOS. The summed E-state index contributed by atoms with van der Waals surface area (Å²) >= 11 is 1.69. The van der Waals surface area contributed by atoms with Gasteiger partial charge in [-0.1, -0.05) is 41.6 Å². The molecule has 3 rings (SSSR count). The molecule has 0 unspecified atom stereocenters. The molecule has 0 aromatic heterocycles. The highest BCUT2D eigenvalue weighted by Gasteiger charge is 2.22. The lowest BCUT2D eigenvalue weighted by atomic mass is 9.96. The van der Waals surface area contributed by atoms with Crippen LogP contribution in [0.2, 0.25) is 0 Å². The zero-order chi connectivity index (χ0) is 17.3. The number of rotatable bonds is 3. The maximum absolute atomic E-state index is 12.7. The van der Waals surface area contributed by atoms with Gasteiger partial charge in [0.25, 0.3) is 0 Å². The van der Waals surface area contributed by atoms with Crippen molar-refractivity contribution >= 4 is 23.8 Å². The van der Waals surface area contributed by atoms with Gasteiger partial charge in [0.2, 0.25) is 0 Å². The molecule has 0 fully saturated rings. The summed E-state index contributed by atoms with van der Waals surface area (Å²) in [5.74, 6) is 0.194. The van der Waals surface area contributed by atoms with Crippen molar-refractivity contribution in [1.82, 2.24) is 0 Å². The van der Waals surface area contributed by atoms with Gasteiger partial charge in [-0.3, -0.25) is 9.79 Å². The summed E-state index contributed by atoms with van der Waals surface area (Å²) < 4.78 is 0. The number of carbonyl (C=O) groups is 1. The van der Waals surface area contributed by atoms with Crippen molar-refractivity contribution in [1.29, 1.82) is 0 Å². The molecule has 0 saturated carbocycles. The molecule has 0 bridgehead atoms. The smallest absolute Gasteiger partial charge is 0.168 e. The largest absolute Gasteiger partial charge is 0.294 e. The summed E-state index contributed by atoms with van der Waals surface area (Å²) in [6.45, 7) is 10.6. The van der Waals surface area contributed by atoms with Gasteiger partial charge in [-0.25, -0.2) is 0 Å². The molecular weight excluding hydrogens is 314 g/mol. The second kappa shape index (κ2) is 6.78. The predicted molar refractivity (Wildman–Crippen MR) is 102 cm³/mol. The Labute approximate surface area is 147 Å². The fourth-order valence-electron chi connectivity index (χ4n) is 2.83. The number of aliphatic imine (C=N–C) groups is 1. The van der Waals surface area contributed by atoms with Crippen LogP contribution < -0.4 is 0 Å². The number of hydrogen-bond acceptors (Lipinski definition) is 3. The monoisotopic (exact) mass is 335 g/mol. The molecule has 2 aromatic carbocycles. The number of Topliss-reactive ketones (excluding diaryl/α,β-unsaturated/α-hetero) is 1. The highest BCUT2D eigenvalue weighted by atomic mass is 32.2. The molecule has 0 N–H and O–H groups in total. The first-order chi connectivity index (χ1) is 11.5. The van der Waals surface area contributed by atoms with Gasteiger partial charge in [0, 0.05) is 28.0 Å². The molecule has 0 saturated heterocycles. The molecule has 0 aliphatic carbocycles. The van der Waals surface area contributed by atoms with E-state index < -0.39 is 0 Å². The molecule has 0 radical (unpaired) electrons. The van der Waals surface area contributed by atoms with Gasteiger partial charge in [0.05, 0.1) is 6.54 Å². The molecule has 1 aliphatic heterocycles. The first-order valence-corrected chi connectivity index (χ1v) is 8.85. The molecule has 1 aliphatic rings. The fraction of sp³-hybridized carbons (Fsp3) is 0.238. The third kappa shape index (κ3) is 3.36. The second-order valence-electron chi connectivity index (χ2n) is 6.39. The van der Waals surface area contributed by atoms with Crippen LogP contribution >= 0.6 is 11.8 Å². The lowest BCUT2D eigenvalue weighted by Crippen LogP contribution is -2.06. The predicted octanol–water partition coefficient (Wildman–Crippen LogP) is 5.19. The van der Waals surface area contributed by atoms with Crippen molar-refractivity contribution in [2.45, 2.75) is 37.0 Å². The SMILES string of the molecule is C=C(C)CN=Cc1ccc2c(c1C)CC(=O)c1cc(C)ccc1S2. The van der Waals surface area contributed by atoms with Crippen molar-refractivity contribution < 1.29 is 4.79 Å². The van der Waals surface area contributed by atoms with E-state index in [4.69, 9.17) is 0 Å². The highest BCUT2D eigenvalue weighted by molar-refractivity contribution is 7.99. The van der Waals surface area contributed by atoms with Gasteiger partial charge >= 0.3 is 0 Å². The van der Waals surface area contributed by atoms with Gasteiger partial charge in [-0.05, 0) is 55.7 Å². The Morgan fingerprint density at radius 2 is 2.00 bits per heavy atom. The Bertz CT molecular complexity index is 864. The van der Waals surface area contributed by atoms with Crippen molar-refractivity contribution in [3.8, 4) is 0 Å². The van der Waals surface area contributed by atoms with Crippen molar-refractivity contribution in [3.63, 3.8) is 0 Å². The molecule has 2 aromatic rings. The molecule has 0 atom stereocenters. The summed E-state index contributed by atoms with van der Waals surface area (Å²) in [5, 5.41) is 0. The Hall–Kier alpha value is -2.13.